The summed E-state index contributed by atoms with van der Waals surface area (Å²) in [5.74, 6) is 0. The second-order valence-electron chi connectivity index (χ2n) is 6.24. The number of benzene rings is 1. The van der Waals surface area contributed by atoms with Crippen LogP contribution in [0.4, 0.5) is 0 Å². The van der Waals surface area contributed by atoms with E-state index in [9.17, 15) is 0 Å². The number of unbranched alkanes of at least 4 members (excludes halogenated alkanes) is 3. The summed E-state index contributed by atoms with van der Waals surface area (Å²) in [5.41, 5.74) is 2.01. The Balaban J connectivity index is 1.64. The first-order valence-corrected chi connectivity index (χ1v) is 9.34. The van der Waals surface area contributed by atoms with Crippen molar-refractivity contribution < 1.29 is 0 Å². The van der Waals surface area contributed by atoms with E-state index in [0.717, 1.165) is 36.2 Å². The van der Waals surface area contributed by atoms with Crippen molar-refractivity contribution in [2.45, 2.75) is 39.2 Å². The minimum absolute atomic E-state index is 0.627. The average molecular weight is 364 g/mol. The van der Waals surface area contributed by atoms with Crippen molar-refractivity contribution >= 4 is 34.1 Å². The molecular formula is C19H23Cl2N3. The number of hydrogen-bond donors (Lipinski definition) is 0. The fourth-order valence-electron chi connectivity index (χ4n) is 3.00. The highest BCUT2D eigenvalue weighted by Gasteiger charge is 2.26. The Morgan fingerprint density at radius 2 is 1.75 bits per heavy atom. The number of rotatable bonds is 7. The maximum absolute atomic E-state index is 6.44. The first-order valence-electron chi connectivity index (χ1n) is 8.59. The molecule has 1 aromatic carbocycles. The zero-order valence-corrected chi connectivity index (χ0v) is 15.5. The van der Waals surface area contributed by atoms with Crippen molar-refractivity contribution in [1.29, 1.82) is 0 Å². The van der Waals surface area contributed by atoms with Gasteiger partial charge in [0, 0.05) is 11.9 Å². The lowest BCUT2D eigenvalue weighted by molar-refractivity contribution is 0.248. The molecule has 0 saturated carbocycles. The van der Waals surface area contributed by atoms with E-state index in [1.165, 1.54) is 19.3 Å². The topological polar surface area (TPSA) is 19.4 Å². The maximum atomic E-state index is 6.44. The first kappa shape index (κ1) is 17.4. The Morgan fingerprint density at radius 1 is 0.958 bits per heavy atom. The zero-order valence-electron chi connectivity index (χ0n) is 14.0. The van der Waals surface area contributed by atoms with Gasteiger partial charge in [0.25, 0.3) is 0 Å². The van der Waals surface area contributed by atoms with Gasteiger partial charge in [0.1, 0.15) is 10.3 Å². The summed E-state index contributed by atoms with van der Waals surface area (Å²) in [6.07, 6.45) is 4.90. The third-order valence-electron chi connectivity index (χ3n) is 4.36. The van der Waals surface area contributed by atoms with E-state index in [0.29, 0.717) is 16.9 Å². The van der Waals surface area contributed by atoms with Crippen molar-refractivity contribution in [3.05, 3.63) is 52.4 Å². The lowest BCUT2D eigenvalue weighted by atomic mass is 10.2. The molecule has 2 aromatic rings. The summed E-state index contributed by atoms with van der Waals surface area (Å²) in [6, 6.07) is 12.3. The Hall–Kier alpha value is -1.45. The van der Waals surface area contributed by atoms with Crippen LogP contribution in [0, 0.1) is 0 Å². The summed E-state index contributed by atoms with van der Waals surface area (Å²) in [4.78, 5) is 8.96. The average Bonchev–Trinajstić information content (AvgIpc) is 2.87. The third kappa shape index (κ3) is 3.96. The number of pyridine rings is 1. The highest BCUT2D eigenvalue weighted by atomic mass is 35.5. The van der Waals surface area contributed by atoms with Gasteiger partial charge in [-0.2, -0.15) is 0 Å². The molecule has 5 heteroatoms. The van der Waals surface area contributed by atoms with Crippen LogP contribution in [0.2, 0.25) is 0 Å². The lowest BCUT2D eigenvalue weighted by Crippen LogP contribution is -2.27. The van der Waals surface area contributed by atoms with Crippen molar-refractivity contribution in [2.75, 3.05) is 13.2 Å². The SMILES string of the molecule is CCCCCCN1CN(Cc2ccc3ccccc3n2)C(Cl)=C1Cl. The number of para-hydroxylation sites is 1. The van der Waals surface area contributed by atoms with Gasteiger partial charge in [-0.1, -0.05) is 73.7 Å². The predicted octanol–water partition coefficient (Wildman–Crippen LogP) is 5.49. The predicted molar refractivity (Wildman–Crippen MR) is 102 cm³/mol. The van der Waals surface area contributed by atoms with Gasteiger partial charge in [0.05, 0.1) is 24.4 Å². The summed E-state index contributed by atoms with van der Waals surface area (Å²) in [5, 5.41) is 2.44. The maximum Gasteiger partial charge on any atom is 0.142 e. The molecule has 2 heterocycles. The van der Waals surface area contributed by atoms with Crippen LogP contribution in [0.15, 0.2) is 46.7 Å². The summed E-state index contributed by atoms with van der Waals surface area (Å²) < 4.78 is 0. The molecule has 0 fully saturated rings. The largest absolute Gasteiger partial charge is 0.342 e. The molecule has 1 aliphatic rings. The van der Waals surface area contributed by atoms with Gasteiger partial charge in [-0.05, 0) is 18.6 Å². The molecule has 0 unspecified atom stereocenters. The molecule has 0 aliphatic carbocycles. The molecule has 3 nitrogen and oxygen atoms in total. The Bertz CT molecular complexity index is 729. The Labute approximate surface area is 153 Å². The van der Waals surface area contributed by atoms with Crippen LogP contribution < -0.4 is 0 Å². The highest BCUT2D eigenvalue weighted by Crippen LogP contribution is 2.31. The van der Waals surface area contributed by atoms with E-state index < -0.39 is 0 Å². The summed E-state index contributed by atoms with van der Waals surface area (Å²) in [6.45, 7) is 4.58. The molecule has 0 amide bonds. The van der Waals surface area contributed by atoms with Crippen LogP contribution in [0.3, 0.4) is 0 Å². The van der Waals surface area contributed by atoms with Crippen molar-refractivity contribution in [3.8, 4) is 0 Å². The standard InChI is InChI=1S/C19H23Cl2N3/c1-2-3-4-7-12-23-14-24(19(21)18(23)20)13-16-11-10-15-8-5-6-9-17(15)22-16/h5-6,8-11H,2-4,7,12-14H2,1H3. The molecule has 1 aromatic heterocycles. The van der Waals surface area contributed by atoms with E-state index >= 15 is 0 Å². The van der Waals surface area contributed by atoms with Gasteiger partial charge >= 0.3 is 0 Å². The van der Waals surface area contributed by atoms with Crippen LogP contribution >= 0.6 is 23.2 Å². The monoisotopic (exact) mass is 363 g/mol. The normalized spacial score (nSPS) is 15.0. The smallest absolute Gasteiger partial charge is 0.142 e. The van der Waals surface area contributed by atoms with E-state index in [1.54, 1.807) is 0 Å². The van der Waals surface area contributed by atoms with Crippen molar-refractivity contribution in [3.63, 3.8) is 0 Å². The molecule has 0 atom stereocenters. The number of hydrogen-bond acceptors (Lipinski definition) is 3. The van der Waals surface area contributed by atoms with E-state index in [2.05, 4.69) is 34.9 Å². The number of aromatic nitrogens is 1. The second kappa shape index (κ2) is 8.09. The fraction of sp³-hybridized carbons (Fsp3) is 0.421. The highest BCUT2D eigenvalue weighted by molar-refractivity contribution is 6.38. The zero-order chi connectivity index (χ0) is 16.9. The molecule has 24 heavy (non-hydrogen) atoms. The van der Waals surface area contributed by atoms with Gasteiger partial charge < -0.3 is 9.80 Å². The molecule has 0 radical (unpaired) electrons. The third-order valence-corrected chi connectivity index (χ3v) is 5.29. The van der Waals surface area contributed by atoms with Crippen LogP contribution in [-0.4, -0.2) is 28.0 Å². The van der Waals surface area contributed by atoms with Gasteiger partial charge in [0.15, 0.2) is 0 Å². The molecule has 3 rings (SSSR count). The quantitative estimate of drug-likeness (QED) is 0.478. The number of halogens is 2. The van der Waals surface area contributed by atoms with Crippen molar-refractivity contribution in [1.82, 2.24) is 14.8 Å². The van der Waals surface area contributed by atoms with Gasteiger partial charge in [0.2, 0.25) is 0 Å². The summed E-state index contributed by atoms with van der Waals surface area (Å²) in [7, 11) is 0. The molecular weight excluding hydrogens is 341 g/mol. The molecule has 0 N–H and O–H groups in total. The van der Waals surface area contributed by atoms with E-state index in [1.807, 2.05) is 18.2 Å². The molecule has 0 bridgehead atoms. The molecule has 0 saturated heterocycles. The second-order valence-corrected chi connectivity index (χ2v) is 6.96. The van der Waals surface area contributed by atoms with E-state index in [-0.39, 0.29) is 0 Å². The lowest BCUT2D eigenvalue weighted by Gasteiger charge is -2.22. The Kier molecular flexibility index (Phi) is 5.85. The van der Waals surface area contributed by atoms with Crippen LogP contribution in [0.25, 0.3) is 10.9 Å². The minimum Gasteiger partial charge on any atom is -0.342 e. The summed E-state index contributed by atoms with van der Waals surface area (Å²) >= 11 is 12.8. The molecule has 0 spiro atoms. The molecule has 128 valence electrons. The van der Waals surface area contributed by atoms with Gasteiger partial charge in [-0.3, -0.25) is 4.98 Å². The van der Waals surface area contributed by atoms with E-state index in [4.69, 9.17) is 28.2 Å². The number of fused-ring (bicyclic) bond motifs is 1. The Morgan fingerprint density at radius 3 is 2.58 bits per heavy atom. The minimum atomic E-state index is 0.627. The van der Waals surface area contributed by atoms with Gasteiger partial charge in [-0.15, -0.1) is 0 Å². The van der Waals surface area contributed by atoms with Crippen molar-refractivity contribution in [2.24, 2.45) is 0 Å². The van der Waals surface area contributed by atoms with Crippen LogP contribution in [0.5, 0.6) is 0 Å². The molecule has 1 aliphatic heterocycles. The van der Waals surface area contributed by atoms with Crippen LogP contribution in [0.1, 0.15) is 38.3 Å². The fourth-order valence-corrected chi connectivity index (χ4v) is 3.49. The van der Waals surface area contributed by atoms with Gasteiger partial charge in [-0.25, -0.2) is 0 Å². The van der Waals surface area contributed by atoms with Crippen LogP contribution in [-0.2, 0) is 6.54 Å². The number of nitrogens with zero attached hydrogens (tertiary/aromatic N) is 3. The first-order chi connectivity index (χ1) is 11.7.